The zero-order chi connectivity index (χ0) is 17.7. The first-order valence-electron chi connectivity index (χ1n) is 8.11. The lowest BCUT2D eigenvalue weighted by molar-refractivity contribution is -0.116. The molecule has 128 valence electrons. The van der Waals surface area contributed by atoms with Gasteiger partial charge in [0.2, 0.25) is 5.91 Å². The molecule has 6 heteroatoms. The minimum Gasteiger partial charge on any atom is -0.326 e. The number of carbonyl (C=O) groups excluding carboxylic acids is 2. The van der Waals surface area contributed by atoms with Crippen molar-refractivity contribution >= 4 is 23.2 Å². The molecule has 0 aliphatic carbocycles. The van der Waals surface area contributed by atoms with E-state index in [1.54, 1.807) is 30.3 Å². The molecule has 0 fully saturated rings. The number of hydrogen-bond donors (Lipinski definition) is 3. The lowest BCUT2D eigenvalue weighted by Gasteiger charge is -2.08. The monoisotopic (exact) mass is 328 g/mol. The van der Waals surface area contributed by atoms with Gasteiger partial charge in [0.15, 0.2) is 5.69 Å². The molecule has 0 atom stereocenters. The molecule has 0 aliphatic heterocycles. The predicted octanol–water partition coefficient (Wildman–Crippen LogP) is 3.77. The van der Waals surface area contributed by atoms with Crippen molar-refractivity contribution in [3.05, 3.63) is 41.7 Å². The fraction of sp³-hybridized carbons (Fsp3) is 0.389. The van der Waals surface area contributed by atoms with Gasteiger partial charge in [0.05, 0.1) is 0 Å². The second-order valence-electron chi connectivity index (χ2n) is 6.54. The standard InChI is InChI=1S/C18H24N4O2/c1-11(2)9-17(23)19-13-5-7-14(8-6-13)20-18(24)16-10-15(12(3)4)21-22-16/h5-8,10-12H,9H2,1-4H3,(H,19,23)(H,20,24)(H,21,22). The SMILES string of the molecule is CC(C)CC(=O)Nc1ccc(NC(=O)c2cc(C(C)C)[nH]n2)cc1. The number of nitrogens with zero attached hydrogens (tertiary/aromatic N) is 1. The van der Waals surface area contributed by atoms with E-state index in [0.717, 1.165) is 5.69 Å². The number of anilines is 2. The molecule has 0 bridgehead atoms. The highest BCUT2D eigenvalue weighted by Crippen LogP contribution is 2.16. The number of rotatable bonds is 6. The van der Waals surface area contributed by atoms with Crippen LogP contribution in [0, 0.1) is 5.92 Å². The van der Waals surface area contributed by atoms with Gasteiger partial charge in [-0.1, -0.05) is 27.7 Å². The molecule has 24 heavy (non-hydrogen) atoms. The quantitative estimate of drug-likeness (QED) is 0.754. The van der Waals surface area contributed by atoms with Crippen molar-refractivity contribution in [1.82, 2.24) is 10.2 Å². The Bertz CT molecular complexity index is 702. The first kappa shape index (κ1) is 17.7. The van der Waals surface area contributed by atoms with Gasteiger partial charge >= 0.3 is 0 Å². The van der Waals surface area contributed by atoms with Crippen LogP contribution in [-0.4, -0.2) is 22.0 Å². The van der Waals surface area contributed by atoms with Gasteiger partial charge in [-0.05, 0) is 42.2 Å². The topological polar surface area (TPSA) is 86.9 Å². The number of aromatic nitrogens is 2. The van der Waals surface area contributed by atoms with Gasteiger partial charge < -0.3 is 10.6 Å². The van der Waals surface area contributed by atoms with E-state index in [9.17, 15) is 9.59 Å². The average molecular weight is 328 g/mol. The summed E-state index contributed by atoms with van der Waals surface area (Å²) in [7, 11) is 0. The largest absolute Gasteiger partial charge is 0.326 e. The van der Waals surface area contributed by atoms with Gasteiger partial charge in [-0.15, -0.1) is 0 Å². The Morgan fingerprint density at radius 3 is 2.12 bits per heavy atom. The Kier molecular flexibility index (Phi) is 5.73. The molecule has 0 radical (unpaired) electrons. The van der Waals surface area contributed by atoms with Crippen molar-refractivity contribution in [2.24, 2.45) is 5.92 Å². The van der Waals surface area contributed by atoms with Crippen LogP contribution in [0.25, 0.3) is 0 Å². The summed E-state index contributed by atoms with van der Waals surface area (Å²) >= 11 is 0. The minimum atomic E-state index is -0.269. The second kappa shape index (κ2) is 7.77. The van der Waals surface area contributed by atoms with Crippen LogP contribution < -0.4 is 10.6 Å². The number of carbonyl (C=O) groups is 2. The number of nitrogens with one attached hydrogen (secondary N) is 3. The predicted molar refractivity (Wildman–Crippen MR) is 95.2 cm³/mol. The highest BCUT2D eigenvalue weighted by Gasteiger charge is 2.12. The van der Waals surface area contributed by atoms with E-state index >= 15 is 0 Å². The fourth-order valence-corrected chi connectivity index (χ4v) is 2.16. The number of amides is 2. The maximum Gasteiger partial charge on any atom is 0.276 e. The van der Waals surface area contributed by atoms with Gasteiger partial charge in [-0.3, -0.25) is 14.7 Å². The molecule has 6 nitrogen and oxygen atoms in total. The Labute approximate surface area is 142 Å². The third-order valence-corrected chi connectivity index (χ3v) is 3.47. The van der Waals surface area contributed by atoms with Gasteiger partial charge in [-0.2, -0.15) is 5.10 Å². The first-order chi connectivity index (χ1) is 11.3. The summed E-state index contributed by atoms with van der Waals surface area (Å²) in [6, 6.07) is 8.77. The number of benzene rings is 1. The summed E-state index contributed by atoms with van der Waals surface area (Å²) in [6.45, 7) is 8.05. The summed E-state index contributed by atoms with van der Waals surface area (Å²) in [4.78, 5) is 23.9. The van der Waals surface area contributed by atoms with E-state index in [1.165, 1.54) is 0 Å². The average Bonchev–Trinajstić information content (AvgIpc) is 2.98. The van der Waals surface area contributed by atoms with Crippen LogP contribution in [0.3, 0.4) is 0 Å². The zero-order valence-electron chi connectivity index (χ0n) is 14.5. The Balaban J connectivity index is 1.95. The van der Waals surface area contributed by atoms with E-state index in [-0.39, 0.29) is 17.7 Å². The van der Waals surface area contributed by atoms with Gasteiger partial charge in [0, 0.05) is 23.5 Å². The minimum absolute atomic E-state index is 0.0143. The van der Waals surface area contributed by atoms with Crippen LogP contribution in [0.5, 0.6) is 0 Å². The van der Waals surface area contributed by atoms with Crippen molar-refractivity contribution in [2.45, 2.75) is 40.0 Å². The van der Waals surface area contributed by atoms with Gasteiger partial charge in [-0.25, -0.2) is 0 Å². The van der Waals surface area contributed by atoms with Crippen molar-refractivity contribution in [3.8, 4) is 0 Å². The lowest BCUT2D eigenvalue weighted by Crippen LogP contribution is -2.14. The van der Waals surface area contributed by atoms with Crippen LogP contribution in [0.4, 0.5) is 11.4 Å². The van der Waals surface area contributed by atoms with Crippen molar-refractivity contribution in [1.29, 1.82) is 0 Å². The Morgan fingerprint density at radius 2 is 1.62 bits per heavy atom. The summed E-state index contributed by atoms with van der Waals surface area (Å²) in [5.74, 6) is 0.315. The van der Waals surface area contributed by atoms with E-state index in [4.69, 9.17) is 0 Å². The summed E-state index contributed by atoms with van der Waals surface area (Å²) in [5.41, 5.74) is 2.63. The van der Waals surface area contributed by atoms with Crippen LogP contribution in [-0.2, 0) is 4.79 Å². The van der Waals surface area contributed by atoms with Gasteiger partial charge in [0.25, 0.3) is 5.91 Å². The second-order valence-corrected chi connectivity index (χ2v) is 6.54. The molecule has 0 aliphatic rings. The third kappa shape index (κ3) is 4.94. The first-order valence-corrected chi connectivity index (χ1v) is 8.11. The molecule has 1 heterocycles. The molecule has 0 unspecified atom stereocenters. The van der Waals surface area contributed by atoms with E-state index in [1.807, 2.05) is 27.7 Å². The molecule has 1 aromatic heterocycles. The van der Waals surface area contributed by atoms with E-state index in [2.05, 4.69) is 20.8 Å². The maximum atomic E-state index is 12.2. The van der Waals surface area contributed by atoms with Crippen LogP contribution >= 0.6 is 0 Å². The molecular formula is C18H24N4O2. The van der Waals surface area contributed by atoms with Crippen molar-refractivity contribution in [2.75, 3.05) is 10.6 Å². The maximum absolute atomic E-state index is 12.2. The van der Waals surface area contributed by atoms with Crippen LogP contribution in [0.2, 0.25) is 0 Å². The van der Waals surface area contributed by atoms with E-state index in [0.29, 0.717) is 29.4 Å². The normalized spacial score (nSPS) is 10.9. The van der Waals surface area contributed by atoms with E-state index < -0.39 is 0 Å². The number of hydrogen-bond acceptors (Lipinski definition) is 3. The molecular weight excluding hydrogens is 304 g/mol. The summed E-state index contributed by atoms with van der Waals surface area (Å²) in [6.07, 6.45) is 0.482. The molecule has 0 saturated heterocycles. The number of aromatic amines is 1. The Morgan fingerprint density at radius 1 is 1.04 bits per heavy atom. The molecule has 3 N–H and O–H groups in total. The smallest absolute Gasteiger partial charge is 0.276 e. The van der Waals surface area contributed by atoms with Crippen LogP contribution in [0.1, 0.15) is 56.2 Å². The third-order valence-electron chi connectivity index (χ3n) is 3.47. The number of H-pyrrole nitrogens is 1. The highest BCUT2D eigenvalue weighted by molar-refractivity contribution is 6.03. The fourth-order valence-electron chi connectivity index (χ4n) is 2.16. The Hall–Kier alpha value is -2.63. The molecule has 2 amide bonds. The lowest BCUT2D eigenvalue weighted by atomic mass is 10.1. The van der Waals surface area contributed by atoms with Crippen molar-refractivity contribution in [3.63, 3.8) is 0 Å². The molecule has 0 spiro atoms. The summed E-state index contributed by atoms with van der Waals surface area (Å²) in [5, 5.41) is 12.5. The summed E-state index contributed by atoms with van der Waals surface area (Å²) < 4.78 is 0. The highest BCUT2D eigenvalue weighted by atomic mass is 16.2. The van der Waals surface area contributed by atoms with Gasteiger partial charge in [0.1, 0.15) is 0 Å². The molecule has 1 aromatic carbocycles. The molecule has 0 saturated carbocycles. The zero-order valence-corrected chi connectivity index (χ0v) is 14.5. The van der Waals surface area contributed by atoms with Crippen molar-refractivity contribution < 1.29 is 9.59 Å². The molecule has 2 aromatic rings. The molecule has 2 rings (SSSR count). The van der Waals surface area contributed by atoms with Crippen LogP contribution in [0.15, 0.2) is 30.3 Å².